The number of nitrogens with one attached hydrogen (secondary N) is 1. The highest BCUT2D eigenvalue weighted by molar-refractivity contribution is 7.26. The van der Waals surface area contributed by atoms with E-state index in [0.717, 1.165) is 59.8 Å². The molecular formula is C18H19N6OS+. The quantitative estimate of drug-likeness (QED) is 0.521. The average molecular weight is 367 g/mol. The molecule has 132 valence electrons. The summed E-state index contributed by atoms with van der Waals surface area (Å²) in [6.07, 6.45) is 8.32. The summed E-state index contributed by atoms with van der Waals surface area (Å²) in [4.78, 5) is 13.4. The number of aromatic nitrogens is 5. The first kappa shape index (κ1) is 14.8. The zero-order chi connectivity index (χ0) is 17.1. The molecule has 0 spiro atoms. The highest BCUT2D eigenvalue weighted by Crippen LogP contribution is 2.41. The fourth-order valence-corrected chi connectivity index (χ4v) is 5.46. The molecule has 0 saturated carbocycles. The lowest BCUT2D eigenvalue weighted by atomic mass is 9.90. The maximum atomic E-state index is 5.55. The Balaban J connectivity index is 1.69. The number of aromatic amines is 1. The summed E-state index contributed by atoms with van der Waals surface area (Å²) >= 11 is 1.72. The first-order valence-corrected chi connectivity index (χ1v) is 10.0. The van der Waals surface area contributed by atoms with Crippen molar-refractivity contribution < 1.29 is 9.14 Å². The van der Waals surface area contributed by atoms with Crippen LogP contribution >= 0.6 is 11.3 Å². The van der Waals surface area contributed by atoms with E-state index in [2.05, 4.69) is 15.1 Å². The number of thiophene rings is 1. The lowest BCUT2D eigenvalue weighted by molar-refractivity contribution is -0.514. The smallest absolute Gasteiger partial charge is 0.252 e. The molecule has 1 fully saturated rings. The zero-order valence-electron chi connectivity index (χ0n) is 14.4. The third-order valence-electron chi connectivity index (χ3n) is 5.56. The molecular weight excluding hydrogens is 348 g/mol. The predicted molar refractivity (Wildman–Crippen MR) is 99.9 cm³/mol. The Kier molecular flexibility index (Phi) is 3.18. The molecule has 6 rings (SSSR count). The van der Waals surface area contributed by atoms with Crippen LogP contribution in [-0.4, -0.2) is 46.5 Å². The first-order chi connectivity index (χ1) is 12.9. The van der Waals surface area contributed by atoms with E-state index in [9.17, 15) is 0 Å². The maximum Gasteiger partial charge on any atom is 0.252 e. The van der Waals surface area contributed by atoms with Gasteiger partial charge in [0.05, 0.1) is 18.6 Å². The fourth-order valence-electron chi connectivity index (χ4n) is 4.32. The van der Waals surface area contributed by atoms with Crippen LogP contribution in [0.5, 0.6) is 0 Å². The van der Waals surface area contributed by atoms with Gasteiger partial charge in [-0.2, -0.15) is 9.50 Å². The molecule has 0 unspecified atom stereocenters. The number of morpholine rings is 1. The Bertz CT molecular complexity index is 1140. The van der Waals surface area contributed by atoms with Crippen molar-refractivity contribution in [3.63, 3.8) is 0 Å². The monoisotopic (exact) mass is 367 g/mol. The van der Waals surface area contributed by atoms with Crippen LogP contribution in [-0.2, 0) is 17.6 Å². The van der Waals surface area contributed by atoms with Crippen molar-refractivity contribution in [2.24, 2.45) is 0 Å². The maximum absolute atomic E-state index is 5.55. The normalized spacial score (nSPS) is 18.1. The molecule has 0 amide bonds. The topological polar surface area (TPSA) is 71.0 Å². The molecule has 1 N–H and O–H groups in total. The summed E-state index contributed by atoms with van der Waals surface area (Å²) in [5.41, 5.74) is 4.96. The number of hydrogen-bond donors (Lipinski definition) is 1. The zero-order valence-corrected chi connectivity index (χ0v) is 15.2. The number of fused-ring (bicyclic) bond motifs is 7. The van der Waals surface area contributed by atoms with Gasteiger partial charge >= 0.3 is 0 Å². The van der Waals surface area contributed by atoms with E-state index >= 15 is 0 Å². The van der Waals surface area contributed by atoms with Crippen molar-refractivity contribution in [2.75, 3.05) is 31.2 Å². The van der Waals surface area contributed by atoms with E-state index in [-0.39, 0.29) is 0 Å². The van der Waals surface area contributed by atoms with Gasteiger partial charge < -0.3 is 9.64 Å². The standard InChI is InChI=1S/C18H18N6OS/c1-2-4-12-11(3-1)13-14-15(17-22-20-10-24(17)9-19-14)26-18(13)21-16(12)23-5-7-25-8-6-23/h9-10H,1-8H2/p+1. The van der Waals surface area contributed by atoms with Crippen LogP contribution in [0.1, 0.15) is 24.0 Å². The summed E-state index contributed by atoms with van der Waals surface area (Å²) in [5, 5.41) is 8.53. The van der Waals surface area contributed by atoms with Gasteiger partial charge in [0.2, 0.25) is 12.7 Å². The van der Waals surface area contributed by atoms with Crippen LogP contribution in [0.4, 0.5) is 5.82 Å². The number of hydrogen-bond acceptors (Lipinski definition) is 6. The number of ether oxygens (including phenoxy) is 1. The molecule has 4 aromatic rings. The average Bonchev–Trinajstić information content (AvgIpc) is 3.32. The number of pyridine rings is 1. The van der Waals surface area contributed by atoms with Crippen LogP contribution < -0.4 is 9.30 Å². The summed E-state index contributed by atoms with van der Waals surface area (Å²) < 4.78 is 8.63. The Morgan fingerprint density at radius 1 is 1.12 bits per heavy atom. The Morgan fingerprint density at radius 2 is 1.96 bits per heavy atom. The second kappa shape index (κ2) is 5.59. The van der Waals surface area contributed by atoms with Gasteiger partial charge in [0.1, 0.15) is 15.3 Å². The van der Waals surface area contributed by atoms with E-state index < -0.39 is 0 Å². The van der Waals surface area contributed by atoms with Gasteiger partial charge in [0.25, 0.3) is 5.65 Å². The summed E-state index contributed by atoms with van der Waals surface area (Å²) in [6, 6.07) is 0. The van der Waals surface area contributed by atoms with E-state index in [1.54, 1.807) is 17.7 Å². The van der Waals surface area contributed by atoms with Gasteiger partial charge in [-0.05, 0) is 41.9 Å². The Morgan fingerprint density at radius 3 is 2.85 bits per heavy atom. The molecule has 4 aromatic heterocycles. The van der Waals surface area contributed by atoms with Gasteiger partial charge in [0.15, 0.2) is 5.52 Å². The molecule has 5 heterocycles. The van der Waals surface area contributed by atoms with Gasteiger partial charge in [-0.3, -0.25) is 0 Å². The molecule has 8 heteroatoms. The minimum absolute atomic E-state index is 0.786. The van der Waals surface area contributed by atoms with Crippen LogP contribution in [0.15, 0.2) is 12.7 Å². The minimum Gasteiger partial charge on any atom is -0.378 e. The summed E-state index contributed by atoms with van der Waals surface area (Å²) in [5.74, 6) is 1.18. The third-order valence-corrected chi connectivity index (χ3v) is 6.64. The van der Waals surface area contributed by atoms with Crippen molar-refractivity contribution in [3.8, 4) is 0 Å². The number of H-pyrrole nitrogens is 1. The molecule has 1 saturated heterocycles. The molecule has 0 bridgehead atoms. The van der Waals surface area contributed by atoms with Crippen LogP contribution in [0.2, 0.25) is 0 Å². The lowest BCUT2D eigenvalue weighted by Gasteiger charge is -2.31. The molecule has 7 nitrogen and oxygen atoms in total. The number of aryl methyl sites for hydroxylation is 1. The molecule has 1 aliphatic heterocycles. The molecule has 0 atom stereocenters. The largest absolute Gasteiger partial charge is 0.378 e. The molecule has 0 radical (unpaired) electrons. The third kappa shape index (κ3) is 2.02. The summed E-state index contributed by atoms with van der Waals surface area (Å²) in [7, 11) is 0. The van der Waals surface area contributed by atoms with Crippen LogP contribution in [0, 0.1) is 0 Å². The SMILES string of the molecule is c1n[nH]c2c3sc4nc(N5CCOCC5)c5c(c4c3nc[n+]12)CCCC5. The number of nitrogens with zero attached hydrogens (tertiary/aromatic N) is 5. The van der Waals surface area contributed by atoms with Crippen molar-refractivity contribution in [1.29, 1.82) is 0 Å². The van der Waals surface area contributed by atoms with Crippen LogP contribution in [0.25, 0.3) is 26.1 Å². The van der Waals surface area contributed by atoms with Crippen LogP contribution in [0.3, 0.4) is 0 Å². The van der Waals surface area contributed by atoms with E-state index in [1.807, 2.05) is 10.7 Å². The fraction of sp³-hybridized carbons (Fsp3) is 0.444. The second-order valence-corrected chi connectivity index (χ2v) is 8.01. The van der Waals surface area contributed by atoms with E-state index in [0.29, 0.717) is 0 Å². The number of anilines is 1. The van der Waals surface area contributed by atoms with Crippen molar-refractivity contribution >= 4 is 43.2 Å². The molecule has 26 heavy (non-hydrogen) atoms. The summed E-state index contributed by atoms with van der Waals surface area (Å²) in [6.45, 7) is 3.42. The Labute approximate surface area is 153 Å². The van der Waals surface area contributed by atoms with Crippen molar-refractivity contribution in [1.82, 2.24) is 20.2 Å². The van der Waals surface area contributed by atoms with Crippen molar-refractivity contribution in [2.45, 2.75) is 25.7 Å². The minimum atomic E-state index is 0.786. The van der Waals surface area contributed by atoms with Gasteiger partial charge in [-0.1, -0.05) is 0 Å². The molecule has 2 aliphatic rings. The lowest BCUT2D eigenvalue weighted by Crippen LogP contribution is -2.37. The second-order valence-electron chi connectivity index (χ2n) is 7.02. The van der Waals surface area contributed by atoms with E-state index in [4.69, 9.17) is 14.7 Å². The highest BCUT2D eigenvalue weighted by atomic mass is 32.1. The van der Waals surface area contributed by atoms with Gasteiger partial charge in [0, 0.05) is 13.1 Å². The number of rotatable bonds is 1. The Hall–Kier alpha value is -2.32. The first-order valence-electron chi connectivity index (χ1n) is 9.20. The predicted octanol–water partition coefficient (Wildman–Crippen LogP) is 2.02. The van der Waals surface area contributed by atoms with Gasteiger partial charge in [-0.25, -0.2) is 4.98 Å². The van der Waals surface area contributed by atoms with Gasteiger partial charge in [-0.15, -0.1) is 16.3 Å². The van der Waals surface area contributed by atoms with E-state index in [1.165, 1.54) is 35.2 Å². The highest BCUT2D eigenvalue weighted by Gasteiger charge is 2.27. The molecule has 1 aliphatic carbocycles. The molecule has 0 aromatic carbocycles. The van der Waals surface area contributed by atoms with Crippen molar-refractivity contribution in [3.05, 3.63) is 23.8 Å².